The first kappa shape index (κ1) is 37.5. The molecule has 2 atom stereocenters. The van der Waals surface area contributed by atoms with E-state index in [1.54, 1.807) is 0 Å². The van der Waals surface area contributed by atoms with Crippen molar-refractivity contribution in [3.63, 3.8) is 0 Å². The molecule has 0 saturated heterocycles. The number of rotatable bonds is 6. The molecule has 0 aliphatic heterocycles. The lowest BCUT2D eigenvalue weighted by Gasteiger charge is -2.41. The number of aryl methyl sites for hydroxylation is 1. The van der Waals surface area contributed by atoms with Crippen LogP contribution in [0.3, 0.4) is 0 Å². The van der Waals surface area contributed by atoms with E-state index in [9.17, 15) is 0 Å². The molecule has 0 aromatic heterocycles. The lowest BCUT2D eigenvalue weighted by atomic mass is 9.71. The first-order valence-electron chi connectivity index (χ1n) is 17.3. The second-order valence-corrected chi connectivity index (χ2v) is 20.8. The summed E-state index contributed by atoms with van der Waals surface area (Å²) in [4.78, 5) is 0. The molecule has 0 bridgehead atoms. The van der Waals surface area contributed by atoms with E-state index >= 15 is 0 Å². The minimum absolute atomic E-state index is 0.0443. The summed E-state index contributed by atoms with van der Waals surface area (Å²) in [6.45, 7) is 42.8. The number of hydrogen-bond acceptors (Lipinski definition) is 0. The van der Waals surface area contributed by atoms with E-state index in [1.807, 2.05) is 0 Å². The van der Waals surface area contributed by atoms with Crippen molar-refractivity contribution in [2.45, 2.75) is 169 Å². The van der Waals surface area contributed by atoms with E-state index in [-0.39, 0.29) is 32.5 Å². The van der Waals surface area contributed by atoms with E-state index in [4.69, 9.17) is 0 Å². The Morgan fingerprint density at radius 3 is 1.31 bits per heavy atom. The third-order valence-corrected chi connectivity index (χ3v) is 11.9. The van der Waals surface area contributed by atoms with Gasteiger partial charge in [0, 0.05) is 11.1 Å². The standard InChI is InChI=1S/C44H67P/c1-29-19-21-31(39(2,3)4)25-35(29)44(17,18)38(34-24-23-33(41(8,9)10)27-37(34)43(14,15)16)45-28-30-20-22-32(40(5,6)7)26-36(30)42(11,12)13/h19-27,38,45H,28H2,1-18H3. The van der Waals surface area contributed by atoms with Crippen molar-refractivity contribution in [2.75, 3.05) is 0 Å². The Balaban J connectivity index is 2.30. The van der Waals surface area contributed by atoms with Crippen LogP contribution in [0.1, 0.15) is 173 Å². The Hall–Kier alpha value is -1.91. The predicted molar refractivity (Wildman–Crippen MR) is 205 cm³/mol. The topological polar surface area (TPSA) is 0 Å². The van der Waals surface area contributed by atoms with Gasteiger partial charge < -0.3 is 0 Å². The molecule has 0 aliphatic rings. The summed E-state index contributed by atoms with van der Waals surface area (Å²) in [6.07, 6.45) is 1.09. The van der Waals surface area contributed by atoms with E-state index in [2.05, 4.69) is 179 Å². The second-order valence-electron chi connectivity index (χ2n) is 19.5. The molecule has 248 valence electrons. The molecule has 0 spiro atoms. The molecule has 0 fully saturated rings. The van der Waals surface area contributed by atoms with Gasteiger partial charge in [0.1, 0.15) is 0 Å². The molecule has 45 heavy (non-hydrogen) atoms. The Labute approximate surface area is 281 Å². The average molecular weight is 627 g/mol. The van der Waals surface area contributed by atoms with Gasteiger partial charge in [0.25, 0.3) is 0 Å². The quantitative estimate of drug-likeness (QED) is 0.239. The van der Waals surface area contributed by atoms with Gasteiger partial charge in [-0.25, -0.2) is 0 Å². The van der Waals surface area contributed by atoms with Crippen LogP contribution in [0.4, 0.5) is 0 Å². The fraction of sp³-hybridized carbons (Fsp3) is 0.591. The summed E-state index contributed by atoms with van der Waals surface area (Å²) >= 11 is 0. The lowest BCUT2D eigenvalue weighted by Crippen LogP contribution is -2.29. The number of hydrogen-bond donors (Lipinski definition) is 0. The van der Waals surface area contributed by atoms with Crippen LogP contribution in [-0.4, -0.2) is 0 Å². The fourth-order valence-electron chi connectivity index (χ4n) is 6.72. The maximum atomic E-state index is 2.54. The molecule has 0 aliphatic carbocycles. The Morgan fingerprint density at radius 1 is 0.467 bits per heavy atom. The first-order chi connectivity index (χ1) is 20.1. The van der Waals surface area contributed by atoms with Crippen LogP contribution in [0.5, 0.6) is 0 Å². The van der Waals surface area contributed by atoms with Gasteiger partial charge in [-0.05, 0) is 90.2 Å². The van der Waals surface area contributed by atoms with Crippen LogP contribution in [0.15, 0.2) is 54.6 Å². The minimum Gasteiger partial charge on any atom is -0.109 e. The first-order valence-corrected chi connectivity index (χ1v) is 18.6. The number of benzene rings is 3. The third-order valence-electron chi connectivity index (χ3n) is 9.84. The summed E-state index contributed by atoms with van der Waals surface area (Å²) in [5, 5.41) is 0. The molecule has 2 unspecified atom stereocenters. The van der Waals surface area contributed by atoms with Crippen LogP contribution in [-0.2, 0) is 38.7 Å². The molecular formula is C44H67P. The SMILES string of the molecule is Cc1ccc(C(C)(C)C)cc1C(C)(C)C(PCc1ccc(C(C)(C)C)cc1C(C)(C)C)c1ccc(C(C)(C)C)cc1C(C)(C)C. The molecule has 0 nitrogen and oxygen atoms in total. The highest BCUT2D eigenvalue weighted by Crippen LogP contribution is 2.54. The summed E-state index contributed by atoms with van der Waals surface area (Å²) in [5.74, 6) is 0. The third kappa shape index (κ3) is 8.72. The molecule has 0 N–H and O–H groups in total. The molecule has 3 rings (SSSR count). The normalized spacial score (nSPS) is 14.8. The van der Waals surface area contributed by atoms with E-state index < -0.39 is 0 Å². The van der Waals surface area contributed by atoms with Crippen molar-refractivity contribution in [2.24, 2.45) is 0 Å². The second kappa shape index (κ2) is 12.6. The molecule has 0 heterocycles. The Bertz CT molecular complexity index is 1480. The van der Waals surface area contributed by atoms with E-state index in [0.717, 1.165) is 14.7 Å². The average Bonchev–Trinajstić information content (AvgIpc) is 2.86. The molecule has 3 aromatic carbocycles. The summed E-state index contributed by atoms with van der Waals surface area (Å²) in [6, 6.07) is 22.1. The molecule has 3 aromatic rings. The van der Waals surface area contributed by atoms with Crippen LogP contribution in [0.2, 0.25) is 0 Å². The highest BCUT2D eigenvalue weighted by atomic mass is 31.1. The monoisotopic (exact) mass is 626 g/mol. The van der Waals surface area contributed by atoms with Crippen LogP contribution in [0, 0.1) is 6.92 Å². The van der Waals surface area contributed by atoms with Crippen LogP contribution in [0.25, 0.3) is 0 Å². The lowest BCUT2D eigenvalue weighted by molar-refractivity contribution is 0.486. The molecule has 0 amide bonds. The Morgan fingerprint density at radius 2 is 0.867 bits per heavy atom. The molecule has 0 saturated carbocycles. The van der Waals surface area contributed by atoms with Crippen molar-refractivity contribution in [3.05, 3.63) is 105 Å². The van der Waals surface area contributed by atoms with Crippen molar-refractivity contribution in [1.82, 2.24) is 0 Å². The molecule has 0 radical (unpaired) electrons. The molecular weight excluding hydrogens is 559 g/mol. The Kier molecular flexibility index (Phi) is 10.5. The van der Waals surface area contributed by atoms with Gasteiger partial charge in [-0.15, -0.1) is 8.58 Å². The van der Waals surface area contributed by atoms with Crippen molar-refractivity contribution in [3.8, 4) is 0 Å². The highest BCUT2D eigenvalue weighted by molar-refractivity contribution is 7.37. The molecule has 1 heteroatoms. The fourth-order valence-corrected chi connectivity index (χ4v) is 8.59. The van der Waals surface area contributed by atoms with Gasteiger partial charge in [-0.2, -0.15) is 0 Å². The zero-order valence-electron chi connectivity index (χ0n) is 32.5. The highest BCUT2D eigenvalue weighted by Gasteiger charge is 2.38. The zero-order chi connectivity index (χ0) is 34.6. The van der Waals surface area contributed by atoms with Crippen LogP contribution >= 0.6 is 8.58 Å². The van der Waals surface area contributed by atoms with Crippen molar-refractivity contribution < 1.29 is 0 Å². The summed E-state index contributed by atoms with van der Waals surface area (Å²) in [7, 11) is 0.753. The maximum absolute atomic E-state index is 2.54. The van der Waals surface area contributed by atoms with Crippen molar-refractivity contribution >= 4 is 8.58 Å². The summed E-state index contributed by atoms with van der Waals surface area (Å²) < 4.78 is 0. The van der Waals surface area contributed by atoms with Gasteiger partial charge in [0.05, 0.1) is 0 Å². The largest absolute Gasteiger partial charge is 0.109 e. The van der Waals surface area contributed by atoms with E-state index in [0.29, 0.717) is 5.66 Å². The minimum atomic E-state index is -0.0553. The smallest absolute Gasteiger partial charge is 0.0111 e. The van der Waals surface area contributed by atoms with Gasteiger partial charge in [-0.1, -0.05) is 172 Å². The van der Waals surface area contributed by atoms with Gasteiger partial charge >= 0.3 is 0 Å². The maximum Gasteiger partial charge on any atom is 0.0111 e. The zero-order valence-corrected chi connectivity index (χ0v) is 33.5. The van der Waals surface area contributed by atoms with Gasteiger partial charge in [-0.3, -0.25) is 0 Å². The van der Waals surface area contributed by atoms with Crippen LogP contribution < -0.4 is 0 Å². The van der Waals surface area contributed by atoms with Gasteiger partial charge in [0.2, 0.25) is 0 Å². The van der Waals surface area contributed by atoms with Gasteiger partial charge in [0.15, 0.2) is 0 Å². The summed E-state index contributed by atoms with van der Waals surface area (Å²) in [5.41, 5.74) is 14.0. The predicted octanol–water partition coefficient (Wildman–Crippen LogP) is 13.4. The van der Waals surface area contributed by atoms with E-state index in [1.165, 1.54) is 50.1 Å². The van der Waals surface area contributed by atoms with Crippen molar-refractivity contribution in [1.29, 1.82) is 0 Å².